The van der Waals surface area contributed by atoms with Crippen molar-refractivity contribution in [3.63, 3.8) is 0 Å². The maximum absolute atomic E-state index is 12.7. The summed E-state index contributed by atoms with van der Waals surface area (Å²) in [5.41, 5.74) is 1.39. The Hall–Kier alpha value is -3.28. The molecule has 25 heavy (non-hydrogen) atoms. The summed E-state index contributed by atoms with van der Waals surface area (Å²) in [5, 5.41) is 3.34. The molecule has 0 radical (unpaired) electrons. The highest BCUT2D eigenvalue weighted by atomic mass is 16.5. The van der Waals surface area contributed by atoms with E-state index in [9.17, 15) is 9.59 Å². The Morgan fingerprint density at radius 3 is 2.32 bits per heavy atom. The molecule has 0 aliphatic carbocycles. The van der Waals surface area contributed by atoms with Crippen LogP contribution < -0.4 is 14.8 Å². The fourth-order valence-corrected chi connectivity index (χ4v) is 2.50. The maximum Gasteiger partial charge on any atom is 0.256 e. The van der Waals surface area contributed by atoms with Gasteiger partial charge in [0.25, 0.3) is 5.91 Å². The van der Waals surface area contributed by atoms with Crippen molar-refractivity contribution in [3.8, 4) is 11.5 Å². The van der Waals surface area contributed by atoms with Gasteiger partial charge < -0.3 is 19.2 Å². The zero-order valence-corrected chi connectivity index (χ0v) is 14.1. The van der Waals surface area contributed by atoms with E-state index >= 15 is 0 Å². The van der Waals surface area contributed by atoms with E-state index in [1.165, 1.54) is 14.0 Å². The van der Waals surface area contributed by atoms with E-state index in [0.29, 0.717) is 33.7 Å². The maximum atomic E-state index is 12.7. The first kappa shape index (κ1) is 16.6. The first-order valence-electron chi connectivity index (χ1n) is 7.60. The number of amides is 1. The molecule has 0 bridgehead atoms. The Balaban J connectivity index is 1.98. The lowest BCUT2D eigenvalue weighted by Crippen LogP contribution is -2.12. The minimum atomic E-state index is -0.311. The quantitative estimate of drug-likeness (QED) is 0.713. The van der Waals surface area contributed by atoms with E-state index in [4.69, 9.17) is 13.9 Å². The van der Waals surface area contributed by atoms with Gasteiger partial charge in [0.2, 0.25) is 0 Å². The molecule has 6 heteroatoms. The molecule has 3 rings (SSSR count). The third kappa shape index (κ3) is 3.19. The molecule has 0 aliphatic rings. The van der Waals surface area contributed by atoms with Gasteiger partial charge in [0.05, 0.1) is 19.8 Å². The number of fused-ring (bicyclic) bond motifs is 1. The molecule has 1 amide bonds. The van der Waals surface area contributed by atoms with Crippen LogP contribution in [0.1, 0.15) is 27.8 Å². The number of anilines is 1. The van der Waals surface area contributed by atoms with Crippen molar-refractivity contribution >= 4 is 28.3 Å². The number of ketones is 1. The molecule has 3 aromatic rings. The van der Waals surface area contributed by atoms with Crippen molar-refractivity contribution in [2.45, 2.75) is 6.92 Å². The molecule has 128 valence electrons. The number of furan rings is 1. The summed E-state index contributed by atoms with van der Waals surface area (Å²) in [4.78, 5) is 24.3. The van der Waals surface area contributed by atoms with Gasteiger partial charge >= 0.3 is 0 Å². The lowest BCUT2D eigenvalue weighted by atomic mass is 10.1. The van der Waals surface area contributed by atoms with Crippen molar-refractivity contribution in [1.82, 2.24) is 0 Å². The molecule has 0 saturated heterocycles. The fourth-order valence-electron chi connectivity index (χ4n) is 2.50. The van der Waals surface area contributed by atoms with Gasteiger partial charge in [-0.25, -0.2) is 0 Å². The van der Waals surface area contributed by atoms with Crippen LogP contribution in [-0.4, -0.2) is 25.9 Å². The fraction of sp³-hybridized carbons (Fsp3) is 0.158. The molecule has 1 N–H and O–H groups in total. The highest BCUT2D eigenvalue weighted by Crippen LogP contribution is 2.32. The molecule has 0 saturated carbocycles. The number of carbonyl (C=O) groups is 2. The van der Waals surface area contributed by atoms with Gasteiger partial charge in [0.15, 0.2) is 22.9 Å². The van der Waals surface area contributed by atoms with Crippen LogP contribution in [0.4, 0.5) is 5.69 Å². The summed E-state index contributed by atoms with van der Waals surface area (Å²) in [6, 6.07) is 11.8. The van der Waals surface area contributed by atoms with Crippen molar-refractivity contribution in [3.05, 3.63) is 53.8 Å². The number of nitrogens with one attached hydrogen (secondary N) is 1. The monoisotopic (exact) mass is 339 g/mol. The molecule has 0 fully saturated rings. The summed E-state index contributed by atoms with van der Waals surface area (Å²) in [6.07, 6.45) is 0. The van der Waals surface area contributed by atoms with Gasteiger partial charge in [-0.1, -0.05) is 0 Å². The molecule has 0 unspecified atom stereocenters. The topological polar surface area (TPSA) is 77.8 Å². The van der Waals surface area contributed by atoms with Crippen LogP contribution >= 0.6 is 0 Å². The van der Waals surface area contributed by atoms with E-state index in [1.54, 1.807) is 49.6 Å². The van der Waals surface area contributed by atoms with E-state index < -0.39 is 0 Å². The summed E-state index contributed by atoms with van der Waals surface area (Å²) in [5.74, 6) is 0.806. The Kier molecular flexibility index (Phi) is 4.43. The number of hydrogen-bond donors (Lipinski definition) is 1. The highest BCUT2D eigenvalue weighted by Gasteiger charge is 2.19. The predicted molar refractivity (Wildman–Crippen MR) is 93.7 cm³/mol. The van der Waals surface area contributed by atoms with Gasteiger partial charge in [-0.2, -0.15) is 0 Å². The number of rotatable bonds is 5. The number of ether oxygens (including phenoxy) is 2. The number of carbonyl (C=O) groups excluding carboxylic acids is 2. The van der Waals surface area contributed by atoms with Crippen molar-refractivity contribution in [2.24, 2.45) is 0 Å². The molecule has 0 spiro atoms. The Morgan fingerprint density at radius 1 is 1.00 bits per heavy atom. The second-order valence-corrected chi connectivity index (χ2v) is 5.41. The van der Waals surface area contributed by atoms with E-state index in [-0.39, 0.29) is 17.5 Å². The van der Waals surface area contributed by atoms with E-state index in [0.717, 1.165) is 0 Å². The normalized spacial score (nSPS) is 10.5. The van der Waals surface area contributed by atoms with Gasteiger partial charge in [0, 0.05) is 18.0 Å². The number of benzene rings is 2. The zero-order chi connectivity index (χ0) is 18.0. The third-order valence-corrected chi connectivity index (χ3v) is 3.81. The number of hydrogen-bond acceptors (Lipinski definition) is 5. The average molecular weight is 339 g/mol. The molecule has 1 heterocycles. The Morgan fingerprint density at radius 2 is 1.72 bits per heavy atom. The van der Waals surface area contributed by atoms with Gasteiger partial charge in [0.1, 0.15) is 5.75 Å². The summed E-state index contributed by atoms with van der Waals surface area (Å²) in [7, 11) is 3.08. The zero-order valence-electron chi connectivity index (χ0n) is 14.1. The van der Waals surface area contributed by atoms with Crippen LogP contribution in [0.25, 0.3) is 11.0 Å². The van der Waals surface area contributed by atoms with Crippen LogP contribution in [0.3, 0.4) is 0 Å². The summed E-state index contributed by atoms with van der Waals surface area (Å²) in [6.45, 7) is 1.40. The molecular weight excluding hydrogens is 322 g/mol. The highest BCUT2D eigenvalue weighted by molar-refractivity contribution is 6.14. The van der Waals surface area contributed by atoms with Crippen molar-refractivity contribution in [1.29, 1.82) is 0 Å². The lowest BCUT2D eigenvalue weighted by Gasteiger charge is -2.08. The number of Topliss-reactive ketones (excluding diaryl/α,β-unsaturated/α-hetero) is 1. The SMILES string of the molecule is COc1ccc(NC(=O)c2ccc(OC)c3oc(C(C)=O)cc23)cc1. The second kappa shape index (κ2) is 6.68. The summed E-state index contributed by atoms with van der Waals surface area (Å²) < 4.78 is 15.9. The van der Waals surface area contributed by atoms with Crippen LogP contribution in [0, 0.1) is 0 Å². The summed E-state index contributed by atoms with van der Waals surface area (Å²) >= 11 is 0. The van der Waals surface area contributed by atoms with Crippen LogP contribution in [0.15, 0.2) is 46.9 Å². The van der Waals surface area contributed by atoms with Crippen molar-refractivity contribution in [2.75, 3.05) is 19.5 Å². The van der Waals surface area contributed by atoms with E-state index in [2.05, 4.69) is 5.32 Å². The molecule has 0 atom stereocenters. The molecule has 2 aromatic carbocycles. The Bertz CT molecular complexity index is 940. The predicted octanol–water partition coefficient (Wildman–Crippen LogP) is 3.90. The smallest absolute Gasteiger partial charge is 0.256 e. The van der Waals surface area contributed by atoms with Crippen LogP contribution in [-0.2, 0) is 0 Å². The standard InChI is InChI=1S/C19H17NO5/c1-11(21)17-10-15-14(8-9-16(24-3)18(15)25-17)19(22)20-12-4-6-13(23-2)7-5-12/h4-10H,1-3H3,(H,20,22). The average Bonchev–Trinajstić information content (AvgIpc) is 3.07. The van der Waals surface area contributed by atoms with E-state index in [1.807, 2.05) is 0 Å². The largest absolute Gasteiger partial charge is 0.497 e. The lowest BCUT2D eigenvalue weighted by molar-refractivity contribution is 0.0987. The van der Waals surface area contributed by atoms with Crippen LogP contribution in [0.5, 0.6) is 11.5 Å². The van der Waals surface area contributed by atoms with Gasteiger partial charge in [-0.3, -0.25) is 9.59 Å². The van der Waals surface area contributed by atoms with Crippen LogP contribution in [0.2, 0.25) is 0 Å². The third-order valence-electron chi connectivity index (χ3n) is 3.81. The van der Waals surface area contributed by atoms with Crippen molar-refractivity contribution < 1.29 is 23.5 Å². The molecule has 6 nitrogen and oxygen atoms in total. The number of methoxy groups -OCH3 is 2. The molecule has 0 aliphatic heterocycles. The minimum absolute atomic E-state index is 0.179. The molecular formula is C19H17NO5. The minimum Gasteiger partial charge on any atom is -0.497 e. The second-order valence-electron chi connectivity index (χ2n) is 5.41. The van der Waals surface area contributed by atoms with Gasteiger partial charge in [-0.05, 0) is 42.5 Å². The first-order valence-corrected chi connectivity index (χ1v) is 7.60. The van der Waals surface area contributed by atoms with Gasteiger partial charge in [-0.15, -0.1) is 0 Å². The Labute approximate surface area is 144 Å². The molecule has 1 aromatic heterocycles. The first-order chi connectivity index (χ1) is 12.0.